The number of amides is 5. The molecule has 0 radical (unpaired) electrons. The summed E-state index contributed by atoms with van der Waals surface area (Å²) in [5.41, 5.74) is 5.51. The lowest BCUT2D eigenvalue weighted by molar-refractivity contribution is -0.151. The van der Waals surface area contributed by atoms with Crippen molar-refractivity contribution in [1.29, 1.82) is 0 Å². The second kappa shape index (κ2) is 20.9. The Morgan fingerprint density at radius 2 is 1.35 bits per heavy atom. The lowest BCUT2D eigenvalue weighted by Gasteiger charge is -2.29. The molecule has 16 nitrogen and oxygen atoms in total. The van der Waals surface area contributed by atoms with Gasteiger partial charge in [-0.1, -0.05) is 27.7 Å². The number of rotatable bonds is 21. The zero-order chi connectivity index (χ0) is 33.3. The standard InChI is InChI=1S/C27H52N6O10/c1-6-29-24(40)16(9-7-8-10-28)31-19(36)12-30-25(41)17(11-14(2)3)32-26(42)20(15(4)5)33-27(43)23(39)22(38)21(37)18(35)13-34/h14-18,20-23,34-35,37-39H,6-13,28H2,1-5H3,(H,29,40)(H,30,41)(H,31,36)(H,32,42)(H,33,43)/t16-,17-,18+,20-,21+,22-,23+/m0/s1. The number of unbranched alkanes of at least 4 members (excludes halogenated alkanes) is 1. The Hall–Kier alpha value is -2.89. The molecular weight excluding hydrogens is 568 g/mol. The second-order valence-electron chi connectivity index (χ2n) is 11.1. The summed E-state index contributed by atoms with van der Waals surface area (Å²) in [5, 5.41) is 60.8. The Kier molecular flexibility index (Phi) is 19.5. The summed E-state index contributed by atoms with van der Waals surface area (Å²) in [7, 11) is 0. The van der Waals surface area contributed by atoms with E-state index in [2.05, 4.69) is 26.6 Å². The third-order valence-corrected chi connectivity index (χ3v) is 6.48. The number of nitrogens with one attached hydrogen (secondary N) is 5. The van der Waals surface area contributed by atoms with Gasteiger partial charge in [0, 0.05) is 6.54 Å². The number of carbonyl (C=O) groups excluding carboxylic acids is 5. The average Bonchev–Trinajstić information content (AvgIpc) is 2.95. The van der Waals surface area contributed by atoms with Crippen LogP contribution in [0.2, 0.25) is 0 Å². The minimum Gasteiger partial charge on any atom is -0.394 e. The van der Waals surface area contributed by atoms with Gasteiger partial charge in [0.05, 0.1) is 13.2 Å². The third kappa shape index (κ3) is 14.9. The van der Waals surface area contributed by atoms with Crippen molar-refractivity contribution in [2.45, 2.75) is 103 Å². The van der Waals surface area contributed by atoms with E-state index >= 15 is 0 Å². The first kappa shape index (κ1) is 40.1. The van der Waals surface area contributed by atoms with Crippen LogP contribution in [0.1, 0.15) is 60.3 Å². The Labute approximate surface area is 252 Å². The number of carbonyl (C=O) groups is 5. The van der Waals surface area contributed by atoms with Gasteiger partial charge in [-0.3, -0.25) is 24.0 Å². The molecule has 0 rings (SSSR count). The maximum atomic E-state index is 13.1. The molecule has 5 amide bonds. The fourth-order valence-electron chi connectivity index (χ4n) is 4.01. The van der Waals surface area contributed by atoms with Crippen molar-refractivity contribution >= 4 is 29.5 Å². The molecule has 0 aliphatic rings. The van der Waals surface area contributed by atoms with E-state index in [9.17, 15) is 44.4 Å². The van der Waals surface area contributed by atoms with E-state index in [4.69, 9.17) is 10.8 Å². The Balaban J connectivity index is 5.43. The SMILES string of the molecule is CCNC(=O)[C@H](CCCCN)NC(=O)CNC(=O)[C@H](CC(C)C)NC(=O)[C@@H](NC(=O)[C@H](O)[C@@H](O)[C@H](O)[C@H](O)CO)C(C)C. The average molecular weight is 621 g/mol. The molecule has 0 bridgehead atoms. The van der Waals surface area contributed by atoms with Crippen molar-refractivity contribution in [2.24, 2.45) is 17.6 Å². The maximum absolute atomic E-state index is 13.1. The molecule has 0 unspecified atom stereocenters. The topological polar surface area (TPSA) is 273 Å². The number of hydrogen-bond donors (Lipinski definition) is 11. The highest BCUT2D eigenvalue weighted by Gasteiger charge is 2.37. The summed E-state index contributed by atoms with van der Waals surface area (Å²) in [5.74, 6) is -4.30. The van der Waals surface area contributed by atoms with Gasteiger partial charge in [0.15, 0.2) is 6.10 Å². The number of nitrogens with two attached hydrogens (primary N) is 1. The zero-order valence-electron chi connectivity index (χ0n) is 25.7. The van der Waals surface area contributed by atoms with Crippen molar-refractivity contribution in [2.75, 3.05) is 26.2 Å². The van der Waals surface area contributed by atoms with Crippen molar-refractivity contribution in [3.63, 3.8) is 0 Å². The van der Waals surface area contributed by atoms with Gasteiger partial charge < -0.3 is 57.9 Å². The number of hydrogen-bond acceptors (Lipinski definition) is 11. The van der Waals surface area contributed by atoms with Gasteiger partial charge in [0.2, 0.25) is 23.6 Å². The molecule has 43 heavy (non-hydrogen) atoms. The van der Waals surface area contributed by atoms with Gasteiger partial charge in [-0.15, -0.1) is 0 Å². The molecular formula is C27H52N6O10. The van der Waals surface area contributed by atoms with Crippen molar-refractivity contribution < 1.29 is 49.5 Å². The number of likely N-dealkylation sites (N-methyl/N-ethyl adjacent to an activating group) is 1. The summed E-state index contributed by atoms with van der Waals surface area (Å²) >= 11 is 0. The van der Waals surface area contributed by atoms with Crippen LogP contribution in [0.15, 0.2) is 0 Å². The molecule has 16 heteroatoms. The highest BCUT2D eigenvalue weighted by molar-refractivity contribution is 5.94. The number of aliphatic hydroxyl groups is 5. The largest absolute Gasteiger partial charge is 0.394 e. The monoisotopic (exact) mass is 620 g/mol. The second-order valence-corrected chi connectivity index (χ2v) is 11.1. The van der Waals surface area contributed by atoms with Crippen LogP contribution in [-0.2, 0) is 24.0 Å². The fourth-order valence-corrected chi connectivity index (χ4v) is 4.01. The van der Waals surface area contributed by atoms with Crippen molar-refractivity contribution in [3.05, 3.63) is 0 Å². The van der Waals surface area contributed by atoms with E-state index < -0.39 is 85.2 Å². The molecule has 0 saturated carbocycles. The van der Waals surface area contributed by atoms with Gasteiger partial charge in [-0.05, 0) is 51.0 Å². The van der Waals surface area contributed by atoms with Crippen molar-refractivity contribution in [3.8, 4) is 0 Å². The first-order valence-electron chi connectivity index (χ1n) is 14.6. The van der Waals surface area contributed by atoms with Gasteiger partial charge in [0.1, 0.15) is 36.4 Å². The highest BCUT2D eigenvalue weighted by Crippen LogP contribution is 2.10. The van der Waals surface area contributed by atoms with Crippen LogP contribution in [0.5, 0.6) is 0 Å². The molecule has 7 atom stereocenters. The molecule has 0 aromatic carbocycles. The van der Waals surface area contributed by atoms with Crippen LogP contribution in [0, 0.1) is 11.8 Å². The van der Waals surface area contributed by atoms with Crippen molar-refractivity contribution in [1.82, 2.24) is 26.6 Å². The van der Waals surface area contributed by atoms with E-state index in [1.54, 1.807) is 20.8 Å². The first-order chi connectivity index (χ1) is 20.1. The van der Waals surface area contributed by atoms with Crippen LogP contribution in [0.3, 0.4) is 0 Å². The first-order valence-corrected chi connectivity index (χ1v) is 14.6. The molecule has 0 heterocycles. The molecule has 0 aliphatic carbocycles. The summed E-state index contributed by atoms with van der Waals surface area (Å²) in [6, 6.07) is -3.20. The van der Waals surface area contributed by atoms with Crippen LogP contribution >= 0.6 is 0 Å². The predicted octanol–water partition coefficient (Wildman–Crippen LogP) is -4.04. The van der Waals surface area contributed by atoms with Gasteiger partial charge >= 0.3 is 0 Å². The molecule has 0 spiro atoms. The van der Waals surface area contributed by atoms with Gasteiger partial charge in [-0.25, -0.2) is 0 Å². The quantitative estimate of drug-likeness (QED) is 0.0550. The molecule has 250 valence electrons. The smallest absolute Gasteiger partial charge is 0.252 e. The Morgan fingerprint density at radius 1 is 0.744 bits per heavy atom. The summed E-state index contributed by atoms with van der Waals surface area (Å²) < 4.78 is 0. The summed E-state index contributed by atoms with van der Waals surface area (Å²) in [4.78, 5) is 63.6. The maximum Gasteiger partial charge on any atom is 0.252 e. The van der Waals surface area contributed by atoms with Crippen LogP contribution in [0.25, 0.3) is 0 Å². The van der Waals surface area contributed by atoms with E-state index in [0.29, 0.717) is 32.4 Å². The fraction of sp³-hybridized carbons (Fsp3) is 0.815. The lowest BCUT2D eigenvalue weighted by atomic mass is 9.98. The summed E-state index contributed by atoms with van der Waals surface area (Å²) in [6.45, 7) is 7.94. The highest BCUT2D eigenvalue weighted by atomic mass is 16.4. The number of aliphatic hydroxyl groups excluding tert-OH is 5. The van der Waals surface area contributed by atoms with Gasteiger partial charge in [-0.2, -0.15) is 0 Å². The molecule has 0 aromatic heterocycles. The predicted molar refractivity (Wildman–Crippen MR) is 156 cm³/mol. The molecule has 12 N–H and O–H groups in total. The minimum atomic E-state index is -2.25. The van der Waals surface area contributed by atoms with E-state index in [1.807, 2.05) is 13.8 Å². The summed E-state index contributed by atoms with van der Waals surface area (Å²) in [6.07, 6.45) is -6.47. The molecule has 0 saturated heterocycles. The lowest BCUT2D eigenvalue weighted by Crippen LogP contribution is -2.59. The normalized spacial score (nSPS) is 16.3. The van der Waals surface area contributed by atoms with Gasteiger partial charge in [0.25, 0.3) is 5.91 Å². The van der Waals surface area contributed by atoms with Crippen LogP contribution < -0.4 is 32.3 Å². The molecule has 0 fully saturated rings. The van der Waals surface area contributed by atoms with E-state index in [1.165, 1.54) is 0 Å². The van der Waals surface area contributed by atoms with E-state index in [-0.39, 0.29) is 18.2 Å². The third-order valence-electron chi connectivity index (χ3n) is 6.48. The van der Waals surface area contributed by atoms with E-state index in [0.717, 1.165) is 0 Å². The Morgan fingerprint density at radius 3 is 1.86 bits per heavy atom. The molecule has 0 aromatic rings. The van der Waals surface area contributed by atoms with Crippen LogP contribution in [0.4, 0.5) is 0 Å². The molecule has 0 aliphatic heterocycles. The minimum absolute atomic E-state index is 0.0713. The Bertz CT molecular complexity index is 890. The van der Waals surface area contributed by atoms with Crippen LogP contribution in [-0.4, -0.2) is 124 Å². The zero-order valence-corrected chi connectivity index (χ0v) is 25.7.